The lowest BCUT2D eigenvalue weighted by atomic mass is 10.4. The molecule has 0 aromatic rings. The molecule has 0 amide bonds. The molecule has 5 nitrogen and oxygen atoms in total. The van der Waals surface area contributed by atoms with Crippen LogP contribution in [0.25, 0.3) is 0 Å². The van der Waals surface area contributed by atoms with Crippen LogP contribution in [0.5, 0.6) is 0 Å². The van der Waals surface area contributed by atoms with Crippen molar-refractivity contribution in [1.29, 1.82) is 0 Å². The van der Waals surface area contributed by atoms with Crippen LogP contribution in [0.2, 0.25) is 0 Å². The van der Waals surface area contributed by atoms with E-state index in [0.29, 0.717) is 33.0 Å². The Balaban J connectivity index is -0.0000000510. The molecule has 0 saturated heterocycles. The van der Waals surface area contributed by atoms with Gasteiger partial charge in [0.2, 0.25) is 0 Å². The highest BCUT2D eigenvalue weighted by atomic mass is 16.3. The van der Waals surface area contributed by atoms with Gasteiger partial charge in [-0.15, -0.1) is 0 Å². The molecule has 136 valence electrons. The highest BCUT2D eigenvalue weighted by Crippen LogP contribution is 1.78. The molecule has 0 atom stereocenters. The molecule has 5 heteroatoms. The number of rotatable bonds is 6. The van der Waals surface area contributed by atoms with E-state index in [0.717, 1.165) is 38.5 Å². The third-order valence-corrected chi connectivity index (χ3v) is 1.41. The predicted molar refractivity (Wildman–Crippen MR) is 91.5 cm³/mol. The lowest BCUT2D eigenvalue weighted by Crippen LogP contribution is -1.75. The van der Waals surface area contributed by atoms with Crippen LogP contribution in [0.3, 0.4) is 0 Å². The first-order valence-electron chi connectivity index (χ1n) is 8.12. The molecule has 0 aliphatic carbocycles. The lowest BCUT2D eigenvalue weighted by molar-refractivity contribution is 0.287. The van der Waals surface area contributed by atoms with E-state index in [1.165, 1.54) is 0 Å². The lowest BCUT2D eigenvalue weighted by Gasteiger charge is -1.79. The minimum atomic E-state index is 0.319. The average Bonchev–Trinajstić information content (AvgIpc) is 2.56. The van der Waals surface area contributed by atoms with Crippen molar-refractivity contribution in [3.05, 3.63) is 0 Å². The minimum Gasteiger partial charge on any atom is -0.396 e. The zero-order valence-corrected chi connectivity index (χ0v) is 15.0. The summed E-state index contributed by atoms with van der Waals surface area (Å²) in [5.74, 6) is 0. The first-order chi connectivity index (χ1) is 10.1. The molecular weight excluding hydrogens is 272 g/mol. The van der Waals surface area contributed by atoms with Crippen molar-refractivity contribution < 1.29 is 25.5 Å². The summed E-state index contributed by atoms with van der Waals surface area (Å²) < 4.78 is 0. The van der Waals surface area contributed by atoms with Crippen molar-refractivity contribution >= 4 is 0 Å². The largest absolute Gasteiger partial charge is 0.396 e. The van der Waals surface area contributed by atoms with Gasteiger partial charge in [0.15, 0.2) is 0 Å². The van der Waals surface area contributed by atoms with Crippen molar-refractivity contribution in [3.8, 4) is 0 Å². The molecule has 0 heterocycles. The fraction of sp³-hybridized carbons (Fsp3) is 1.00. The maximum Gasteiger partial charge on any atom is 0.0430 e. The smallest absolute Gasteiger partial charge is 0.0430 e. The summed E-state index contributed by atoms with van der Waals surface area (Å²) in [6, 6.07) is 0. The highest BCUT2D eigenvalue weighted by molar-refractivity contribution is 4.23. The van der Waals surface area contributed by atoms with Crippen LogP contribution in [0, 0.1) is 0 Å². The Hall–Kier alpha value is -0.200. The van der Waals surface area contributed by atoms with Gasteiger partial charge in [-0.05, 0) is 32.1 Å². The number of unbranched alkanes of at least 4 members (excludes halogenated alkanes) is 1. The van der Waals surface area contributed by atoms with Crippen LogP contribution in [-0.2, 0) is 0 Å². The third-order valence-electron chi connectivity index (χ3n) is 1.41. The van der Waals surface area contributed by atoms with Crippen molar-refractivity contribution in [2.24, 2.45) is 0 Å². The molecule has 0 aliphatic rings. The van der Waals surface area contributed by atoms with E-state index in [2.05, 4.69) is 6.92 Å². The summed E-state index contributed by atoms with van der Waals surface area (Å²) in [4.78, 5) is 0. The predicted octanol–water partition coefficient (Wildman–Crippen LogP) is 2.33. The van der Waals surface area contributed by atoms with Gasteiger partial charge in [0.25, 0.3) is 0 Å². The van der Waals surface area contributed by atoms with E-state index in [9.17, 15) is 0 Å². The van der Waals surface area contributed by atoms with Crippen molar-refractivity contribution in [1.82, 2.24) is 0 Å². The van der Waals surface area contributed by atoms with Gasteiger partial charge >= 0.3 is 0 Å². The van der Waals surface area contributed by atoms with Crippen LogP contribution in [-0.4, -0.2) is 58.6 Å². The molecule has 0 saturated carbocycles. The summed E-state index contributed by atoms with van der Waals surface area (Å²) >= 11 is 0. The van der Waals surface area contributed by atoms with Gasteiger partial charge in [0, 0.05) is 33.0 Å². The Morgan fingerprint density at radius 3 is 0.571 bits per heavy atom. The van der Waals surface area contributed by atoms with Gasteiger partial charge < -0.3 is 25.5 Å². The van der Waals surface area contributed by atoms with Gasteiger partial charge in [-0.3, -0.25) is 0 Å². The second-order valence-electron chi connectivity index (χ2n) is 3.97. The van der Waals surface area contributed by atoms with Gasteiger partial charge in [-0.25, -0.2) is 0 Å². The second-order valence-corrected chi connectivity index (χ2v) is 3.97. The number of hydrogen-bond acceptors (Lipinski definition) is 5. The van der Waals surface area contributed by atoms with E-state index in [-0.39, 0.29) is 0 Å². The first kappa shape index (κ1) is 32.7. The second kappa shape index (κ2) is 60.0. The van der Waals surface area contributed by atoms with Crippen molar-refractivity contribution in [2.75, 3.05) is 33.0 Å². The van der Waals surface area contributed by atoms with E-state index in [4.69, 9.17) is 25.5 Å². The summed E-state index contributed by atoms with van der Waals surface area (Å²) in [6.45, 7) is 11.4. The molecule has 0 aromatic heterocycles. The van der Waals surface area contributed by atoms with Gasteiger partial charge in [-0.2, -0.15) is 0 Å². The minimum absolute atomic E-state index is 0.319. The van der Waals surface area contributed by atoms with Crippen LogP contribution < -0.4 is 0 Å². The van der Waals surface area contributed by atoms with Crippen LogP contribution in [0.15, 0.2) is 0 Å². The quantitative estimate of drug-likeness (QED) is 0.518. The molecule has 21 heavy (non-hydrogen) atoms. The van der Waals surface area contributed by atoms with Gasteiger partial charge in [0.05, 0.1) is 0 Å². The maximum atomic E-state index is 8.07. The Morgan fingerprint density at radius 2 is 0.571 bits per heavy atom. The summed E-state index contributed by atoms with van der Waals surface area (Å²) in [6.07, 6.45) is 5.54. The SMILES string of the molecule is CCCCO.CCCO.CCCO.CCCO.CCCO. The molecular formula is C16H42O5. The Labute approximate surface area is 132 Å². The van der Waals surface area contributed by atoms with Crippen molar-refractivity contribution in [2.45, 2.75) is 73.1 Å². The first-order valence-corrected chi connectivity index (χ1v) is 8.12. The van der Waals surface area contributed by atoms with Crippen LogP contribution in [0.4, 0.5) is 0 Å². The van der Waals surface area contributed by atoms with Crippen LogP contribution >= 0.6 is 0 Å². The maximum absolute atomic E-state index is 8.07. The molecule has 0 aromatic carbocycles. The molecule has 5 N–H and O–H groups in total. The standard InChI is InChI=1S/C4H10O.4C3H8O/c1-2-3-4-5;4*1-2-3-4/h5H,2-4H2,1H3;4*4H,2-3H2,1H3. The fourth-order valence-electron chi connectivity index (χ4n) is 0.158. The molecule has 0 unspecified atom stereocenters. The molecule has 0 fully saturated rings. The zero-order valence-electron chi connectivity index (χ0n) is 15.0. The highest BCUT2D eigenvalue weighted by Gasteiger charge is 1.69. The van der Waals surface area contributed by atoms with Gasteiger partial charge in [0.1, 0.15) is 0 Å². The van der Waals surface area contributed by atoms with E-state index in [1.807, 2.05) is 27.7 Å². The number of aliphatic hydroxyl groups excluding tert-OH is 5. The zero-order chi connectivity index (χ0) is 17.8. The van der Waals surface area contributed by atoms with Gasteiger partial charge in [-0.1, -0.05) is 41.0 Å². The van der Waals surface area contributed by atoms with E-state index >= 15 is 0 Å². The average molecular weight is 315 g/mol. The Kier molecular flexibility index (Phi) is 93.3. The third kappa shape index (κ3) is 186. The normalized spacial score (nSPS) is 7.71. The molecule has 0 rings (SSSR count). The number of aliphatic hydroxyl groups is 5. The van der Waals surface area contributed by atoms with Crippen molar-refractivity contribution in [3.63, 3.8) is 0 Å². The molecule has 0 spiro atoms. The summed E-state index contributed by atoms with van der Waals surface area (Å²) in [5.41, 5.74) is 0. The molecule has 0 bridgehead atoms. The van der Waals surface area contributed by atoms with E-state index < -0.39 is 0 Å². The summed E-state index contributed by atoms with van der Waals surface area (Å²) in [7, 11) is 0. The monoisotopic (exact) mass is 314 g/mol. The molecule has 0 aliphatic heterocycles. The fourth-order valence-corrected chi connectivity index (χ4v) is 0.158. The Morgan fingerprint density at radius 1 is 0.381 bits per heavy atom. The topological polar surface area (TPSA) is 101 Å². The van der Waals surface area contributed by atoms with Crippen LogP contribution in [0.1, 0.15) is 73.1 Å². The number of hydrogen-bond donors (Lipinski definition) is 5. The van der Waals surface area contributed by atoms with E-state index in [1.54, 1.807) is 0 Å². The summed E-state index contributed by atoms with van der Waals surface area (Å²) in [5, 5.41) is 39.6. The molecule has 0 radical (unpaired) electrons. The Bertz CT molecular complexity index is 66.7.